The van der Waals surface area contributed by atoms with Crippen LogP contribution in [0, 0.1) is 0 Å². The first-order valence-electron chi connectivity index (χ1n) is 7.16. The maximum atomic E-state index is 10.8. The van der Waals surface area contributed by atoms with Crippen LogP contribution < -0.4 is 5.32 Å². The predicted molar refractivity (Wildman–Crippen MR) is 77.2 cm³/mol. The zero-order valence-electron chi connectivity index (χ0n) is 12.0. The van der Waals surface area contributed by atoms with Crippen molar-refractivity contribution >= 4 is 0 Å². The highest BCUT2D eigenvalue weighted by molar-refractivity contribution is 5.31. The van der Waals surface area contributed by atoms with Crippen molar-refractivity contribution in [2.75, 3.05) is 20.7 Å². The summed E-state index contributed by atoms with van der Waals surface area (Å²) in [6, 6.07) is 8.40. The van der Waals surface area contributed by atoms with Gasteiger partial charge in [0.2, 0.25) is 0 Å². The summed E-state index contributed by atoms with van der Waals surface area (Å²) in [4.78, 5) is 0. The summed E-state index contributed by atoms with van der Waals surface area (Å²) < 4.78 is 5.62. The first kappa shape index (κ1) is 14.5. The Kier molecular flexibility index (Phi) is 4.97. The summed E-state index contributed by atoms with van der Waals surface area (Å²) >= 11 is 0. The number of aliphatic hydroxyl groups is 1. The maximum Gasteiger partial charge on any atom is 0.0851 e. The van der Waals surface area contributed by atoms with Gasteiger partial charge >= 0.3 is 0 Å². The van der Waals surface area contributed by atoms with E-state index in [1.807, 2.05) is 7.05 Å². The Labute approximate surface area is 116 Å². The molecule has 1 aliphatic carbocycles. The molecule has 0 aliphatic heterocycles. The van der Waals surface area contributed by atoms with Crippen LogP contribution in [-0.2, 0) is 11.2 Å². The van der Waals surface area contributed by atoms with E-state index in [4.69, 9.17) is 4.74 Å². The molecule has 0 radical (unpaired) electrons. The minimum absolute atomic E-state index is 0.0123. The summed E-state index contributed by atoms with van der Waals surface area (Å²) in [5.74, 6) is 0. The third-order valence-corrected chi connectivity index (χ3v) is 4.18. The lowest BCUT2D eigenvalue weighted by atomic mass is 9.88. The largest absolute Gasteiger partial charge is 0.390 e. The van der Waals surface area contributed by atoms with E-state index in [0.29, 0.717) is 6.42 Å². The molecule has 0 bridgehead atoms. The highest BCUT2D eigenvalue weighted by Gasteiger charge is 2.34. The topological polar surface area (TPSA) is 41.5 Å². The van der Waals surface area contributed by atoms with Crippen LogP contribution in [0.1, 0.15) is 42.9 Å². The van der Waals surface area contributed by atoms with Crippen molar-refractivity contribution in [3.8, 4) is 0 Å². The van der Waals surface area contributed by atoms with Crippen molar-refractivity contribution in [1.82, 2.24) is 5.32 Å². The fraction of sp³-hybridized carbons (Fsp3) is 0.625. The van der Waals surface area contributed by atoms with Crippen molar-refractivity contribution in [2.24, 2.45) is 0 Å². The molecular formula is C16H25NO2. The van der Waals surface area contributed by atoms with Crippen LogP contribution in [0.15, 0.2) is 24.3 Å². The Balaban J connectivity index is 2.13. The van der Waals surface area contributed by atoms with Gasteiger partial charge in [0, 0.05) is 13.5 Å². The molecule has 0 amide bonds. The molecule has 0 heterocycles. The van der Waals surface area contributed by atoms with Gasteiger partial charge in [-0.2, -0.15) is 0 Å². The fourth-order valence-electron chi connectivity index (χ4n) is 3.03. The van der Waals surface area contributed by atoms with Gasteiger partial charge in [-0.25, -0.2) is 0 Å². The minimum Gasteiger partial charge on any atom is -0.390 e. The molecule has 3 nitrogen and oxygen atoms in total. The number of aryl methyl sites for hydroxylation is 1. The Hall–Kier alpha value is -0.900. The summed E-state index contributed by atoms with van der Waals surface area (Å²) in [6.45, 7) is 0.951. The Morgan fingerprint density at radius 1 is 1.42 bits per heavy atom. The van der Waals surface area contributed by atoms with Crippen LogP contribution in [0.4, 0.5) is 0 Å². The molecule has 0 aromatic heterocycles. The van der Waals surface area contributed by atoms with E-state index < -0.39 is 5.60 Å². The first-order valence-corrected chi connectivity index (χ1v) is 7.16. The maximum absolute atomic E-state index is 10.8. The normalized spacial score (nSPS) is 26.8. The van der Waals surface area contributed by atoms with Crippen LogP contribution in [0.2, 0.25) is 0 Å². The smallest absolute Gasteiger partial charge is 0.0851 e. The van der Waals surface area contributed by atoms with Crippen molar-refractivity contribution in [3.05, 3.63) is 35.4 Å². The van der Waals surface area contributed by atoms with Gasteiger partial charge in [-0.05, 0) is 50.4 Å². The number of benzene rings is 1. The zero-order valence-corrected chi connectivity index (χ0v) is 12.0. The van der Waals surface area contributed by atoms with Gasteiger partial charge in [-0.3, -0.25) is 0 Å². The van der Waals surface area contributed by atoms with Gasteiger partial charge < -0.3 is 15.2 Å². The van der Waals surface area contributed by atoms with Gasteiger partial charge in [0.05, 0.1) is 11.7 Å². The number of fused-ring (bicyclic) bond motifs is 1. The van der Waals surface area contributed by atoms with Gasteiger partial charge in [0.25, 0.3) is 0 Å². The van der Waals surface area contributed by atoms with E-state index >= 15 is 0 Å². The molecule has 0 fully saturated rings. The summed E-state index contributed by atoms with van der Waals surface area (Å²) in [5, 5.41) is 14.0. The van der Waals surface area contributed by atoms with Crippen molar-refractivity contribution in [2.45, 2.75) is 43.8 Å². The van der Waals surface area contributed by atoms with Crippen molar-refractivity contribution in [1.29, 1.82) is 0 Å². The first-order chi connectivity index (χ1) is 9.18. The number of nitrogens with one attached hydrogen (secondary N) is 1. The second-order valence-electron chi connectivity index (χ2n) is 5.56. The van der Waals surface area contributed by atoms with Gasteiger partial charge in [-0.1, -0.05) is 24.3 Å². The third kappa shape index (κ3) is 3.56. The Bertz CT molecular complexity index is 407. The van der Waals surface area contributed by atoms with Gasteiger partial charge in [0.15, 0.2) is 0 Å². The average molecular weight is 263 g/mol. The lowest BCUT2D eigenvalue weighted by molar-refractivity contribution is -0.0336. The molecule has 3 heteroatoms. The number of methoxy groups -OCH3 is 1. The fourth-order valence-corrected chi connectivity index (χ4v) is 3.03. The van der Waals surface area contributed by atoms with Crippen LogP contribution in [0.5, 0.6) is 0 Å². The molecule has 0 saturated carbocycles. The van der Waals surface area contributed by atoms with Crippen molar-refractivity contribution < 1.29 is 9.84 Å². The molecule has 106 valence electrons. The van der Waals surface area contributed by atoms with E-state index in [1.54, 1.807) is 7.11 Å². The molecule has 19 heavy (non-hydrogen) atoms. The van der Waals surface area contributed by atoms with Crippen molar-refractivity contribution in [3.63, 3.8) is 0 Å². The monoisotopic (exact) mass is 263 g/mol. The molecule has 1 aromatic carbocycles. The average Bonchev–Trinajstić information content (AvgIpc) is 2.57. The molecule has 0 saturated heterocycles. The lowest BCUT2D eigenvalue weighted by Crippen LogP contribution is -2.31. The molecule has 0 spiro atoms. The SMILES string of the molecule is CNCCCC1(O)CCc2ccccc2C(OC)C1. The van der Waals surface area contributed by atoms with E-state index in [-0.39, 0.29) is 6.10 Å². The Morgan fingerprint density at radius 2 is 2.21 bits per heavy atom. The molecule has 1 aliphatic rings. The second-order valence-corrected chi connectivity index (χ2v) is 5.56. The number of ether oxygens (including phenoxy) is 1. The Morgan fingerprint density at radius 3 is 2.95 bits per heavy atom. The molecule has 1 aromatic rings. The summed E-state index contributed by atoms with van der Waals surface area (Å²) in [6.07, 6.45) is 4.31. The molecule has 2 unspecified atom stereocenters. The summed E-state index contributed by atoms with van der Waals surface area (Å²) in [7, 11) is 3.69. The quantitative estimate of drug-likeness (QED) is 0.633. The highest BCUT2D eigenvalue weighted by Crippen LogP contribution is 2.38. The van der Waals surface area contributed by atoms with Crippen LogP contribution >= 0.6 is 0 Å². The third-order valence-electron chi connectivity index (χ3n) is 4.18. The molecular weight excluding hydrogens is 238 g/mol. The molecule has 2 rings (SSSR count). The molecule has 2 atom stereocenters. The number of rotatable bonds is 5. The van der Waals surface area contributed by atoms with Crippen LogP contribution in [-0.4, -0.2) is 31.4 Å². The second kappa shape index (κ2) is 6.51. The zero-order chi connectivity index (χ0) is 13.7. The van der Waals surface area contributed by atoms with Crippen LogP contribution in [0.25, 0.3) is 0 Å². The highest BCUT2D eigenvalue weighted by atomic mass is 16.5. The van der Waals surface area contributed by atoms with E-state index in [0.717, 1.165) is 32.2 Å². The minimum atomic E-state index is -0.601. The molecule has 2 N–H and O–H groups in total. The van der Waals surface area contributed by atoms with E-state index in [9.17, 15) is 5.11 Å². The van der Waals surface area contributed by atoms with Gasteiger partial charge in [0.1, 0.15) is 0 Å². The summed E-state index contributed by atoms with van der Waals surface area (Å²) in [5.41, 5.74) is 1.96. The standard InChI is InChI=1S/C16H25NO2/c1-17-11-5-9-16(18)10-8-13-6-3-4-7-14(13)15(12-16)19-2/h3-4,6-7,15,17-18H,5,8-12H2,1-2H3. The van der Waals surface area contributed by atoms with Crippen LogP contribution in [0.3, 0.4) is 0 Å². The number of hydrogen-bond donors (Lipinski definition) is 2. The van der Waals surface area contributed by atoms with E-state index in [1.165, 1.54) is 11.1 Å². The number of hydrogen-bond acceptors (Lipinski definition) is 3. The lowest BCUT2D eigenvalue weighted by Gasteiger charge is -2.29. The van der Waals surface area contributed by atoms with Gasteiger partial charge in [-0.15, -0.1) is 0 Å². The van der Waals surface area contributed by atoms with E-state index in [2.05, 4.69) is 29.6 Å². The predicted octanol–water partition coefficient (Wildman–Crippen LogP) is 2.44.